The first-order valence-electron chi connectivity index (χ1n) is 7.69. The molecule has 1 aliphatic carbocycles. The Balaban J connectivity index is 1.74. The Morgan fingerprint density at radius 1 is 1.00 bits per heavy atom. The summed E-state index contributed by atoms with van der Waals surface area (Å²) in [5, 5.41) is 3.75. The number of hydrogen-bond acceptors (Lipinski definition) is 2. The van der Waals surface area contributed by atoms with Gasteiger partial charge in [-0.2, -0.15) is 11.8 Å². The standard InChI is InChI=1S/C15H29NS/c1-2-16-15(11-13-5-3-4-6-13)12-14-7-9-17-10-8-14/h13-16H,2-12H2,1H3. The van der Waals surface area contributed by atoms with Gasteiger partial charge < -0.3 is 5.32 Å². The van der Waals surface area contributed by atoms with Crippen molar-refractivity contribution in [3.63, 3.8) is 0 Å². The molecule has 2 fully saturated rings. The van der Waals surface area contributed by atoms with Gasteiger partial charge in [0.2, 0.25) is 0 Å². The predicted molar refractivity (Wildman–Crippen MR) is 78.7 cm³/mol. The van der Waals surface area contributed by atoms with Gasteiger partial charge in [0.25, 0.3) is 0 Å². The molecular formula is C15H29NS. The third-order valence-electron chi connectivity index (χ3n) is 4.54. The molecule has 1 saturated heterocycles. The minimum Gasteiger partial charge on any atom is -0.314 e. The van der Waals surface area contributed by atoms with Crippen LogP contribution in [-0.2, 0) is 0 Å². The van der Waals surface area contributed by atoms with Gasteiger partial charge >= 0.3 is 0 Å². The Labute approximate surface area is 112 Å². The van der Waals surface area contributed by atoms with E-state index in [0.717, 1.165) is 24.4 Å². The first kappa shape index (κ1) is 13.7. The molecular weight excluding hydrogens is 226 g/mol. The van der Waals surface area contributed by atoms with E-state index >= 15 is 0 Å². The van der Waals surface area contributed by atoms with Crippen LogP contribution in [0.2, 0.25) is 0 Å². The van der Waals surface area contributed by atoms with Gasteiger partial charge in [-0.25, -0.2) is 0 Å². The van der Waals surface area contributed by atoms with Gasteiger partial charge in [-0.1, -0.05) is 32.6 Å². The largest absolute Gasteiger partial charge is 0.314 e. The summed E-state index contributed by atoms with van der Waals surface area (Å²) in [4.78, 5) is 0. The lowest BCUT2D eigenvalue weighted by atomic mass is 9.88. The molecule has 1 unspecified atom stereocenters. The van der Waals surface area contributed by atoms with E-state index < -0.39 is 0 Å². The van der Waals surface area contributed by atoms with Crippen molar-refractivity contribution in [3.05, 3.63) is 0 Å². The second-order valence-corrected chi connectivity index (χ2v) is 7.16. The Morgan fingerprint density at radius 2 is 1.59 bits per heavy atom. The van der Waals surface area contributed by atoms with Crippen LogP contribution >= 0.6 is 11.8 Å². The molecule has 2 aliphatic rings. The molecule has 1 N–H and O–H groups in total. The van der Waals surface area contributed by atoms with Crippen LogP contribution in [0.5, 0.6) is 0 Å². The molecule has 0 aromatic carbocycles. The topological polar surface area (TPSA) is 12.0 Å². The molecule has 1 atom stereocenters. The van der Waals surface area contributed by atoms with Gasteiger partial charge in [0.05, 0.1) is 0 Å². The highest BCUT2D eigenvalue weighted by Crippen LogP contribution is 2.32. The van der Waals surface area contributed by atoms with E-state index in [-0.39, 0.29) is 0 Å². The Kier molecular flexibility index (Phi) is 6.21. The molecule has 100 valence electrons. The van der Waals surface area contributed by atoms with Crippen molar-refractivity contribution in [3.8, 4) is 0 Å². The van der Waals surface area contributed by atoms with Crippen LogP contribution in [0.1, 0.15) is 58.3 Å². The van der Waals surface area contributed by atoms with Gasteiger partial charge in [-0.05, 0) is 55.6 Å². The van der Waals surface area contributed by atoms with Crippen molar-refractivity contribution in [2.45, 2.75) is 64.3 Å². The Bertz CT molecular complexity index is 195. The van der Waals surface area contributed by atoms with Crippen LogP contribution in [0.25, 0.3) is 0 Å². The predicted octanol–water partition coefficient (Wildman–Crippen LogP) is 4.08. The van der Waals surface area contributed by atoms with Crippen LogP contribution in [0.3, 0.4) is 0 Å². The van der Waals surface area contributed by atoms with Crippen molar-refractivity contribution < 1.29 is 0 Å². The van der Waals surface area contributed by atoms with E-state index in [1.54, 1.807) is 0 Å². The molecule has 1 nitrogen and oxygen atoms in total. The third-order valence-corrected chi connectivity index (χ3v) is 5.59. The lowest BCUT2D eigenvalue weighted by Gasteiger charge is -2.28. The van der Waals surface area contributed by atoms with Gasteiger partial charge in [0.1, 0.15) is 0 Å². The zero-order chi connectivity index (χ0) is 11.9. The quantitative estimate of drug-likeness (QED) is 0.767. The summed E-state index contributed by atoms with van der Waals surface area (Å²) in [5.41, 5.74) is 0. The molecule has 0 bridgehead atoms. The van der Waals surface area contributed by atoms with Gasteiger partial charge in [0, 0.05) is 6.04 Å². The molecule has 0 amide bonds. The first-order chi connectivity index (χ1) is 8.38. The summed E-state index contributed by atoms with van der Waals surface area (Å²) in [7, 11) is 0. The molecule has 17 heavy (non-hydrogen) atoms. The number of rotatable bonds is 6. The molecule has 2 rings (SSSR count). The van der Waals surface area contributed by atoms with E-state index in [1.807, 2.05) is 0 Å². The maximum Gasteiger partial charge on any atom is 0.00722 e. The Morgan fingerprint density at radius 3 is 2.18 bits per heavy atom. The molecule has 1 aliphatic heterocycles. The normalized spacial score (nSPS) is 25.2. The monoisotopic (exact) mass is 255 g/mol. The average Bonchev–Trinajstić information content (AvgIpc) is 2.83. The highest BCUT2D eigenvalue weighted by molar-refractivity contribution is 7.99. The van der Waals surface area contributed by atoms with Crippen molar-refractivity contribution in [1.82, 2.24) is 5.32 Å². The molecule has 0 spiro atoms. The second kappa shape index (κ2) is 7.68. The SMILES string of the molecule is CCNC(CC1CCCC1)CC1CCSCC1. The fourth-order valence-electron chi connectivity index (χ4n) is 3.58. The van der Waals surface area contributed by atoms with Gasteiger partial charge in [-0.15, -0.1) is 0 Å². The van der Waals surface area contributed by atoms with Crippen LogP contribution in [0.15, 0.2) is 0 Å². The summed E-state index contributed by atoms with van der Waals surface area (Å²) in [6, 6.07) is 0.816. The van der Waals surface area contributed by atoms with Crippen molar-refractivity contribution >= 4 is 11.8 Å². The minimum atomic E-state index is 0.816. The molecule has 1 saturated carbocycles. The van der Waals surface area contributed by atoms with Crippen molar-refractivity contribution in [1.29, 1.82) is 0 Å². The van der Waals surface area contributed by atoms with E-state index in [2.05, 4.69) is 24.0 Å². The summed E-state index contributed by atoms with van der Waals surface area (Å²) in [5.74, 6) is 4.87. The minimum absolute atomic E-state index is 0.816. The number of nitrogens with one attached hydrogen (secondary N) is 1. The van der Waals surface area contributed by atoms with E-state index in [4.69, 9.17) is 0 Å². The smallest absolute Gasteiger partial charge is 0.00722 e. The van der Waals surface area contributed by atoms with Crippen LogP contribution in [0.4, 0.5) is 0 Å². The lowest BCUT2D eigenvalue weighted by molar-refractivity contribution is 0.315. The summed E-state index contributed by atoms with van der Waals surface area (Å²) in [6.45, 7) is 3.41. The fraction of sp³-hybridized carbons (Fsp3) is 1.00. The molecule has 0 aromatic rings. The van der Waals surface area contributed by atoms with Crippen LogP contribution in [-0.4, -0.2) is 24.1 Å². The van der Waals surface area contributed by atoms with Crippen LogP contribution in [0, 0.1) is 11.8 Å². The van der Waals surface area contributed by atoms with Crippen LogP contribution < -0.4 is 5.32 Å². The zero-order valence-corrected chi connectivity index (χ0v) is 12.2. The van der Waals surface area contributed by atoms with Gasteiger partial charge in [0.15, 0.2) is 0 Å². The first-order valence-corrected chi connectivity index (χ1v) is 8.85. The fourth-order valence-corrected chi connectivity index (χ4v) is 4.79. The maximum atomic E-state index is 3.75. The third kappa shape index (κ3) is 4.82. The van der Waals surface area contributed by atoms with E-state index in [0.29, 0.717) is 0 Å². The number of hydrogen-bond donors (Lipinski definition) is 1. The molecule has 0 aromatic heterocycles. The maximum absolute atomic E-state index is 3.75. The summed E-state index contributed by atoms with van der Waals surface area (Å²) in [6.07, 6.45) is 11.8. The highest BCUT2D eigenvalue weighted by Gasteiger charge is 2.23. The van der Waals surface area contributed by atoms with Crippen molar-refractivity contribution in [2.75, 3.05) is 18.1 Å². The molecule has 2 heteroatoms. The molecule has 0 radical (unpaired) electrons. The average molecular weight is 255 g/mol. The Hall–Kier alpha value is 0.310. The lowest BCUT2D eigenvalue weighted by Crippen LogP contribution is -2.33. The second-order valence-electron chi connectivity index (χ2n) is 5.93. The highest BCUT2D eigenvalue weighted by atomic mass is 32.2. The van der Waals surface area contributed by atoms with Gasteiger partial charge in [-0.3, -0.25) is 0 Å². The van der Waals surface area contributed by atoms with E-state index in [9.17, 15) is 0 Å². The molecule has 1 heterocycles. The summed E-state index contributed by atoms with van der Waals surface area (Å²) < 4.78 is 0. The zero-order valence-electron chi connectivity index (χ0n) is 11.4. The van der Waals surface area contributed by atoms with E-state index in [1.165, 1.54) is 62.9 Å². The summed E-state index contributed by atoms with van der Waals surface area (Å²) >= 11 is 2.15. The number of thioether (sulfide) groups is 1. The van der Waals surface area contributed by atoms with Crippen molar-refractivity contribution in [2.24, 2.45) is 11.8 Å².